The van der Waals surface area contributed by atoms with Gasteiger partial charge in [-0.2, -0.15) is 0 Å². The van der Waals surface area contributed by atoms with Gasteiger partial charge in [0.1, 0.15) is 0 Å². The van der Waals surface area contributed by atoms with Crippen LogP contribution in [0.3, 0.4) is 0 Å². The third-order valence-electron chi connectivity index (χ3n) is 2.64. The summed E-state index contributed by atoms with van der Waals surface area (Å²) in [6.45, 7) is 1.84. The van der Waals surface area contributed by atoms with Crippen molar-refractivity contribution >= 4 is 12.0 Å². The third-order valence-corrected chi connectivity index (χ3v) is 2.64. The zero-order valence-corrected chi connectivity index (χ0v) is 9.44. The number of methoxy groups -OCH3 is 1. The van der Waals surface area contributed by atoms with Crippen molar-refractivity contribution in [1.29, 1.82) is 0 Å². The van der Waals surface area contributed by atoms with Gasteiger partial charge in [-0.25, -0.2) is 4.79 Å². The number of hydrogen-bond donors (Lipinski definition) is 2. The summed E-state index contributed by atoms with van der Waals surface area (Å²) in [5.41, 5.74) is 0. The van der Waals surface area contributed by atoms with Crippen LogP contribution in [0.15, 0.2) is 0 Å². The van der Waals surface area contributed by atoms with Gasteiger partial charge < -0.3 is 20.1 Å². The summed E-state index contributed by atoms with van der Waals surface area (Å²) in [4.78, 5) is 24.0. The molecule has 0 aromatic heterocycles. The summed E-state index contributed by atoms with van der Waals surface area (Å²) in [6, 6.07) is -0.206. The van der Waals surface area contributed by atoms with Crippen LogP contribution in [0.25, 0.3) is 0 Å². The molecule has 0 aromatic carbocycles. The van der Waals surface area contributed by atoms with E-state index in [1.807, 2.05) is 0 Å². The predicted octanol–water partition coefficient (Wildman–Crippen LogP) is 0.139. The first-order valence-corrected chi connectivity index (χ1v) is 5.39. The number of piperidine rings is 1. The maximum atomic E-state index is 11.6. The van der Waals surface area contributed by atoms with E-state index in [4.69, 9.17) is 9.84 Å². The van der Waals surface area contributed by atoms with Gasteiger partial charge >= 0.3 is 12.0 Å². The normalized spacial score (nSPS) is 20.6. The zero-order valence-electron chi connectivity index (χ0n) is 9.44. The molecule has 1 aliphatic heterocycles. The maximum Gasteiger partial charge on any atom is 0.317 e. The van der Waals surface area contributed by atoms with Crippen molar-refractivity contribution in [3.63, 3.8) is 0 Å². The number of carbonyl (C=O) groups excluding carboxylic acids is 1. The Labute approximate surface area is 94.6 Å². The zero-order chi connectivity index (χ0) is 12.0. The number of rotatable bonds is 4. The molecule has 1 aliphatic rings. The number of amides is 2. The standard InChI is InChI=1S/C10H18N2O4/c1-16-6-4-11-10(15)12-5-2-3-8(7-12)9(13)14/h8H,2-7H2,1H3,(H,11,15)(H,13,14)/t8-/m0/s1. The molecular weight excluding hydrogens is 212 g/mol. The quantitative estimate of drug-likeness (QED) is 0.673. The minimum Gasteiger partial charge on any atom is -0.481 e. The highest BCUT2D eigenvalue weighted by Crippen LogP contribution is 2.16. The fraction of sp³-hybridized carbons (Fsp3) is 0.800. The van der Waals surface area contributed by atoms with Gasteiger partial charge in [-0.3, -0.25) is 4.79 Å². The second-order valence-corrected chi connectivity index (χ2v) is 3.85. The monoisotopic (exact) mass is 230 g/mol. The van der Waals surface area contributed by atoms with E-state index >= 15 is 0 Å². The van der Waals surface area contributed by atoms with Crippen LogP contribution in [0.2, 0.25) is 0 Å². The fourth-order valence-electron chi connectivity index (χ4n) is 1.74. The molecule has 2 N–H and O–H groups in total. The maximum absolute atomic E-state index is 11.6. The second kappa shape index (κ2) is 6.32. The molecule has 1 fully saturated rings. The molecule has 92 valence electrons. The molecule has 0 aliphatic carbocycles. The van der Waals surface area contributed by atoms with Crippen molar-refractivity contribution in [2.75, 3.05) is 33.4 Å². The Hall–Kier alpha value is -1.30. The first-order valence-electron chi connectivity index (χ1n) is 5.39. The first-order chi connectivity index (χ1) is 7.65. The number of urea groups is 1. The minimum absolute atomic E-state index is 0.206. The average molecular weight is 230 g/mol. The molecule has 0 saturated carbocycles. The molecule has 0 radical (unpaired) electrons. The Morgan fingerprint density at radius 1 is 1.56 bits per heavy atom. The molecule has 0 spiro atoms. The molecule has 6 heteroatoms. The van der Waals surface area contributed by atoms with E-state index in [0.717, 1.165) is 6.42 Å². The Balaban J connectivity index is 2.35. The average Bonchev–Trinajstić information content (AvgIpc) is 2.29. The molecule has 0 unspecified atom stereocenters. The number of carboxylic acids is 1. The molecule has 0 aromatic rings. The second-order valence-electron chi connectivity index (χ2n) is 3.85. The van der Waals surface area contributed by atoms with E-state index in [-0.39, 0.29) is 6.03 Å². The molecule has 1 atom stereocenters. The number of likely N-dealkylation sites (tertiary alicyclic amines) is 1. The van der Waals surface area contributed by atoms with Crippen LogP contribution in [-0.4, -0.2) is 55.4 Å². The molecule has 0 bridgehead atoms. The largest absolute Gasteiger partial charge is 0.481 e. The highest BCUT2D eigenvalue weighted by atomic mass is 16.5. The summed E-state index contributed by atoms with van der Waals surface area (Å²) in [7, 11) is 1.56. The van der Waals surface area contributed by atoms with Crippen LogP contribution in [-0.2, 0) is 9.53 Å². The Morgan fingerprint density at radius 3 is 2.94 bits per heavy atom. The van der Waals surface area contributed by atoms with E-state index in [1.54, 1.807) is 12.0 Å². The van der Waals surface area contributed by atoms with E-state index in [1.165, 1.54) is 0 Å². The van der Waals surface area contributed by atoms with Crippen LogP contribution in [0, 0.1) is 5.92 Å². The van der Waals surface area contributed by atoms with Crippen LogP contribution in [0.4, 0.5) is 4.79 Å². The van der Waals surface area contributed by atoms with Crippen molar-refractivity contribution in [2.24, 2.45) is 5.92 Å². The molecule has 2 amide bonds. The molecule has 1 heterocycles. The van der Waals surface area contributed by atoms with Crippen molar-refractivity contribution in [1.82, 2.24) is 10.2 Å². The lowest BCUT2D eigenvalue weighted by Crippen LogP contribution is -2.47. The molecule has 6 nitrogen and oxygen atoms in total. The molecule has 1 saturated heterocycles. The number of carbonyl (C=O) groups is 2. The number of carboxylic acid groups (broad SMARTS) is 1. The predicted molar refractivity (Wildman–Crippen MR) is 57.2 cm³/mol. The summed E-state index contributed by atoms with van der Waals surface area (Å²) in [5, 5.41) is 11.6. The lowest BCUT2D eigenvalue weighted by atomic mass is 9.99. The van der Waals surface area contributed by atoms with Gasteiger partial charge in [0, 0.05) is 26.7 Å². The van der Waals surface area contributed by atoms with Gasteiger partial charge in [0.25, 0.3) is 0 Å². The van der Waals surface area contributed by atoms with Crippen molar-refractivity contribution < 1.29 is 19.4 Å². The molecular formula is C10H18N2O4. The highest BCUT2D eigenvalue weighted by Gasteiger charge is 2.27. The smallest absolute Gasteiger partial charge is 0.317 e. The van der Waals surface area contributed by atoms with Gasteiger partial charge in [-0.15, -0.1) is 0 Å². The SMILES string of the molecule is COCCNC(=O)N1CCC[C@H](C(=O)O)C1. The van der Waals surface area contributed by atoms with Crippen LogP contribution >= 0.6 is 0 Å². The Kier molecular flexibility index (Phi) is 5.04. The Morgan fingerprint density at radius 2 is 2.31 bits per heavy atom. The summed E-state index contributed by atoms with van der Waals surface area (Å²) in [5.74, 6) is -1.25. The van der Waals surface area contributed by atoms with Gasteiger partial charge in [-0.05, 0) is 12.8 Å². The molecule has 1 rings (SSSR count). The van der Waals surface area contributed by atoms with Gasteiger partial charge in [0.05, 0.1) is 12.5 Å². The lowest BCUT2D eigenvalue weighted by Gasteiger charge is -2.30. The number of nitrogens with zero attached hydrogens (tertiary/aromatic N) is 1. The van der Waals surface area contributed by atoms with Crippen LogP contribution in [0.1, 0.15) is 12.8 Å². The van der Waals surface area contributed by atoms with E-state index < -0.39 is 11.9 Å². The summed E-state index contributed by atoms with van der Waals surface area (Å²) in [6.07, 6.45) is 1.39. The minimum atomic E-state index is -0.825. The van der Waals surface area contributed by atoms with E-state index in [2.05, 4.69) is 5.32 Å². The summed E-state index contributed by atoms with van der Waals surface area (Å²) >= 11 is 0. The fourth-order valence-corrected chi connectivity index (χ4v) is 1.74. The van der Waals surface area contributed by atoms with E-state index in [0.29, 0.717) is 32.7 Å². The van der Waals surface area contributed by atoms with E-state index in [9.17, 15) is 9.59 Å². The molecule has 16 heavy (non-hydrogen) atoms. The van der Waals surface area contributed by atoms with Crippen molar-refractivity contribution in [3.8, 4) is 0 Å². The van der Waals surface area contributed by atoms with Crippen molar-refractivity contribution in [2.45, 2.75) is 12.8 Å². The van der Waals surface area contributed by atoms with Gasteiger partial charge in [0.15, 0.2) is 0 Å². The third kappa shape index (κ3) is 3.69. The number of aliphatic carboxylic acids is 1. The van der Waals surface area contributed by atoms with Crippen molar-refractivity contribution in [3.05, 3.63) is 0 Å². The topological polar surface area (TPSA) is 78.9 Å². The van der Waals surface area contributed by atoms with Crippen LogP contribution in [0.5, 0.6) is 0 Å². The van der Waals surface area contributed by atoms with Crippen LogP contribution < -0.4 is 5.32 Å². The first kappa shape index (κ1) is 12.8. The lowest BCUT2D eigenvalue weighted by molar-refractivity contribution is -0.143. The Bertz CT molecular complexity index is 257. The van der Waals surface area contributed by atoms with Gasteiger partial charge in [0.2, 0.25) is 0 Å². The number of ether oxygens (including phenoxy) is 1. The highest BCUT2D eigenvalue weighted by molar-refractivity contribution is 5.76. The number of nitrogens with one attached hydrogen (secondary N) is 1. The number of hydrogen-bond acceptors (Lipinski definition) is 3. The summed E-state index contributed by atoms with van der Waals surface area (Å²) < 4.78 is 4.81. The van der Waals surface area contributed by atoms with Gasteiger partial charge in [-0.1, -0.05) is 0 Å².